The van der Waals surface area contributed by atoms with Crippen LogP contribution < -0.4 is 5.32 Å². The van der Waals surface area contributed by atoms with E-state index in [2.05, 4.69) is 10.3 Å². The van der Waals surface area contributed by atoms with Crippen molar-refractivity contribution in [3.63, 3.8) is 0 Å². The first kappa shape index (κ1) is 15.0. The molecule has 5 nitrogen and oxygen atoms in total. The molecule has 21 heavy (non-hydrogen) atoms. The summed E-state index contributed by atoms with van der Waals surface area (Å²) >= 11 is 5.69. The van der Waals surface area contributed by atoms with Crippen molar-refractivity contribution in [3.05, 3.63) is 58.7 Å². The van der Waals surface area contributed by atoms with E-state index in [1.807, 2.05) is 6.07 Å². The molecule has 1 amide bonds. The quantitative estimate of drug-likeness (QED) is 0.882. The third kappa shape index (κ3) is 4.29. The predicted molar refractivity (Wildman–Crippen MR) is 79.3 cm³/mol. The summed E-state index contributed by atoms with van der Waals surface area (Å²) in [7, 11) is 0. The Hall–Kier alpha value is -2.40. The summed E-state index contributed by atoms with van der Waals surface area (Å²) in [5, 5.41) is 2.98. The summed E-state index contributed by atoms with van der Waals surface area (Å²) in [5.74, 6) is -0.657. The van der Waals surface area contributed by atoms with Crippen LogP contribution in [0.15, 0.2) is 42.6 Å². The number of hydrogen-bond donors (Lipinski definition) is 1. The number of amides is 1. The molecule has 108 valence electrons. The molecule has 1 aromatic heterocycles. The van der Waals surface area contributed by atoms with Crippen molar-refractivity contribution in [2.24, 2.45) is 0 Å². The van der Waals surface area contributed by atoms with Gasteiger partial charge in [-0.25, -0.2) is 9.78 Å². The van der Waals surface area contributed by atoms with Crippen molar-refractivity contribution < 1.29 is 14.3 Å². The third-order valence-corrected chi connectivity index (χ3v) is 2.92. The molecule has 1 aromatic carbocycles. The first-order chi connectivity index (χ1) is 10.1. The Bertz CT molecular complexity index is 656. The fourth-order valence-corrected chi connectivity index (χ4v) is 1.75. The van der Waals surface area contributed by atoms with Crippen LogP contribution in [0.2, 0.25) is 5.02 Å². The minimum absolute atomic E-state index is 0.344. The minimum Gasteiger partial charge on any atom is -0.452 e. The Morgan fingerprint density at radius 2 is 2.00 bits per heavy atom. The van der Waals surface area contributed by atoms with Crippen LogP contribution >= 0.6 is 11.6 Å². The number of carbonyl (C=O) groups excluding carboxylic acids is 2. The van der Waals surface area contributed by atoms with E-state index in [4.69, 9.17) is 16.3 Å². The number of ether oxygens (including phenoxy) is 1. The number of aryl methyl sites for hydroxylation is 1. The fraction of sp³-hybridized carbons (Fsp3) is 0.133. The smallest absolute Gasteiger partial charge is 0.338 e. The Balaban J connectivity index is 1.88. The van der Waals surface area contributed by atoms with Crippen LogP contribution in [0.4, 0.5) is 5.82 Å². The van der Waals surface area contributed by atoms with Gasteiger partial charge >= 0.3 is 5.97 Å². The van der Waals surface area contributed by atoms with Gasteiger partial charge in [-0.05, 0) is 30.7 Å². The van der Waals surface area contributed by atoms with Crippen LogP contribution in [0.1, 0.15) is 15.9 Å². The van der Waals surface area contributed by atoms with Gasteiger partial charge in [-0.1, -0.05) is 29.8 Å². The first-order valence-electron chi connectivity index (χ1n) is 6.20. The molecule has 0 aliphatic carbocycles. The van der Waals surface area contributed by atoms with Gasteiger partial charge in [-0.15, -0.1) is 0 Å². The second-order valence-electron chi connectivity index (χ2n) is 4.30. The maximum absolute atomic E-state index is 11.8. The molecule has 0 aliphatic rings. The van der Waals surface area contributed by atoms with Gasteiger partial charge in [-0.3, -0.25) is 4.79 Å². The van der Waals surface area contributed by atoms with E-state index < -0.39 is 11.9 Å². The number of nitrogens with one attached hydrogen (secondary N) is 1. The highest BCUT2D eigenvalue weighted by atomic mass is 35.5. The van der Waals surface area contributed by atoms with E-state index in [0.29, 0.717) is 16.4 Å². The van der Waals surface area contributed by atoms with Crippen molar-refractivity contribution in [2.45, 2.75) is 6.92 Å². The molecule has 2 aromatic rings. The molecule has 0 saturated carbocycles. The van der Waals surface area contributed by atoms with Gasteiger partial charge in [0.2, 0.25) is 0 Å². The third-order valence-electron chi connectivity index (χ3n) is 2.69. The Labute approximate surface area is 126 Å². The lowest BCUT2D eigenvalue weighted by Gasteiger charge is -2.07. The summed E-state index contributed by atoms with van der Waals surface area (Å²) in [6, 6.07) is 10.2. The number of hydrogen-bond acceptors (Lipinski definition) is 4. The van der Waals surface area contributed by atoms with Crippen LogP contribution in [0, 0.1) is 6.92 Å². The number of pyridine rings is 1. The number of aromatic nitrogens is 1. The highest BCUT2D eigenvalue weighted by Gasteiger charge is 2.12. The number of carbonyl (C=O) groups is 2. The first-order valence-corrected chi connectivity index (χ1v) is 6.58. The monoisotopic (exact) mass is 304 g/mol. The zero-order chi connectivity index (χ0) is 15.2. The van der Waals surface area contributed by atoms with E-state index >= 15 is 0 Å². The molecule has 0 spiro atoms. The number of halogens is 1. The average molecular weight is 305 g/mol. The lowest BCUT2D eigenvalue weighted by Crippen LogP contribution is -2.21. The highest BCUT2D eigenvalue weighted by molar-refractivity contribution is 6.30. The topological polar surface area (TPSA) is 68.3 Å². The number of rotatable bonds is 4. The van der Waals surface area contributed by atoms with Gasteiger partial charge in [0, 0.05) is 6.20 Å². The Morgan fingerprint density at radius 3 is 2.67 bits per heavy atom. The van der Waals surface area contributed by atoms with E-state index in [1.165, 1.54) is 6.20 Å². The number of nitrogens with zero attached hydrogens (tertiary/aromatic N) is 1. The summed E-state index contributed by atoms with van der Waals surface area (Å²) < 4.78 is 4.96. The van der Waals surface area contributed by atoms with Gasteiger partial charge in [0.15, 0.2) is 6.61 Å². The zero-order valence-corrected chi connectivity index (χ0v) is 12.1. The van der Waals surface area contributed by atoms with Crippen LogP contribution in [-0.2, 0) is 9.53 Å². The standard InChI is InChI=1S/C15H13ClN2O3/c1-10-4-2-3-5-12(10)15(20)21-9-14(19)18-13-7-6-11(16)8-17-13/h2-8H,9H2,1H3,(H,17,18,19). The van der Waals surface area contributed by atoms with Crippen molar-refractivity contribution in [2.75, 3.05) is 11.9 Å². The second kappa shape index (κ2) is 6.85. The predicted octanol–water partition coefficient (Wildman–Crippen LogP) is 2.84. The molecule has 0 fully saturated rings. The van der Waals surface area contributed by atoms with Gasteiger partial charge < -0.3 is 10.1 Å². The largest absolute Gasteiger partial charge is 0.452 e. The number of anilines is 1. The van der Waals surface area contributed by atoms with Crippen LogP contribution in [0.25, 0.3) is 0 Å². The lowest BCUT2D eigenvalue weighted by molar-refractivity contribution is -0.119. The van der Waals surface area contributed by atoms with Crippen molar-refractivity contribution in [3.8, 4) is 0 Å². The van der Waals surface area contributed by atoms with Gasteiger partial charge in [-0.2, -0.15) is 0 Å². The normalized spacial score (nSPS) is 10.0. The molecule has 0 saturated heterocycles. The summed E-state index contributed by atoms with van der Waals surface area (Å²) in [5.41, 5.74) is 1.23. The molecule has 1 N–H and O–H groups in total. The Kier molecular flexibility index (Phi) is 4.90. The maximum Gasteiger partial charge on any atom is 0.338 e. The second-order valence-corrected chi connectivity index (χ2v) is 4.74. The molecule has 0 radical (unpaired) electrons. The number of benzene rings is 1. The molecule has 2 rings (SSSR count). The summed E-state index contributed by atoms with van der Waals surface area (Å²) in [6.45, 7) is 1.42. The van der Waals surface area contributed by atoms with Crippen molar-refractivity contribution in [1.82, 2.24) is 4.98 Å². The van der Waals surface area contributed by atoms with Gasteiger partial charge in [0.25, 0.3) is 5.91 Å². The lowest BCUT2D eigenvalue weighted by atomic mass is 10.1. The van der Waals surface area contributed by atoms with Crippen LogP contribution in [0.5, 0.6) is 0 Å². The molecule has 0 atom stereocenters. The Morgan fingerprint density at radius 1 is 1.24 bits per heavy atom. The SMILES string of the molecule is Cc1ccccc1C(=O)OCC(=O)Nc1ccc(Cl)cn1. The molecule has 0 unspecified atom stereocenters. The maximum atomic E-state index is 11.8. The molecular weight excluding hydrogens is 292 g/mol. The van der Waals surface area contributed by atoms with E-state index in [0.717, 1.165) is 5.56 Å². The fourth-order valence-electron chi connectivity index (χ4n) is 1.64. The van der Waals surface area contributed by atoms with Gasteiger partial charge in [0.1, 0.15) is 5.82 Å². The summed E-state index contributed by atoms with van der Waals surface area (Å²) in [4.78, 5) is 27.4. The average Bonchev–Trinajstić information content (AvgIpc) is 2.48. The molecule has 0 bridgehead atoms. The van der Waals surface area contributed by atoms with Crippen molar-refractivity contribution >= 4 is 29.3 Å². The van der Waals surface area contributed by atoms with Crippen LogP contribution in [-0.4, -0.2) is 23.5 Å². The van der Waals surface area contributed by atoms with E-state index in [-0.39, 0.29) is 6.61 Å². The molecule has 6 heteroatoms. The van der Waals surface area contributed by atoms with Crippen LogP contribution in [0.3, 0.4) is 0 Å². The van der Waals surface area contributed by atoms with E-state index in [1.54, 1.807) is 37.3 Å². The zero-order valence-electron chi connectivity index (χ0n) is 11.3. The summed E-state index contributed by atoms with van der Waals surface area (Å²) in [6.07, 6.45) is 1.41. The molecule has 1 heterocycles. The highest BCUT2D eigenvalue weighted by Crippen LogP contribution is 2.10. The van der Waals surface area contributed by atoms with Gasteiger partial charge in [0.05, 0.1) is 10.6 Å². The molecule has 0 aliphatic heterocycles. The molecular formula is C15H13ClN2O3. The van der Waals surface area contributed by atoms with Crippen molar-refractivity contribution in [1.29, 1.82) is 0 Å². The van der Waals surface area contributed by atoms with E-state index in [9.17, 15) is 9.59 Å². The number of esters is 1. The minimum atomic E-state index is -0.535.